The average Bonchev–Trinajstić information content (AvgIpc) is 3.09. The van der Waals surface area contributed by atoms with Gasteiger partial charge in [0.05, 0.1) is 11.4 Å². The van der Waals surface area contributed by atoms with Gasteiger partial charge in [0, 0.05) is 18.5 Å². The first-order valence-electron chi connectivity index (χ1n) is 8.25. The summed E-state index contributed by atoms with van der Waals surface area (Å²) in [5, 5.41) is 12.4. The van der Waals surface area contributed by atoms with E-state index >= 15 is 0 Å². The molecule has 0 aliphatic carbocycles. The number of rotatable bonds is 7. The Kier molecular flexibility index (Phi) is 7.38. The monoisotopic (exact) mass is 435 g/mol. The Labute approximate surface area is 164 Å². The zero-order chi connectivity index (χ0) is 20.8. The van der Waals surface area contributed by atoms with Crippen LogP contribution in [-0.2, 0) is 29.2 Å². The zero-order valence-electron chi connectivity index (χ0n) is 15.0. The zero-order valence-corrected chi connectivity index (χ0v) is 16.6. The van der Waals surface area contributed by atoms with E-state index in [1.807, 2.05) is 6.92 Å². The number of nitrogens with zero attached hydrogens (tertiary/aromatic N) is 2. The molecule has 1 aromatic carbocycles. The summed E-state index contributed by atoms with van der Waals surface area (Å²) in [6.07, 6.45) is -3.87. The van der Waals surface area contributed by atoms with E-state index in [9.17, 15) is 21.6 Å². The molecule has 28 heavy (non-hydrogen) atoms. The predicted octanol–water partition coefficient (Wildman–Crippen LogP) is 2.11. The van der Waals surface area contributed by atoms with Gasteiger partial charge in [-0.2, -0.15) is 13.2 Å². The van der Waals surface area contributed by atoms with E-state index < -0.39 is 21.9 Å². The van der Waals surface area contributed by atoms with E-state index in [1.54, 1.807) is 12.1 Å². The van der Waals surface area contributed by atoms with Gasteiger partial charge in [-0.1, -0.05) is 12.1 Å². The lowest BCUT2D eigenvalue weighted by Gasteiger charge is -2.11. The molecule has 0 fully saturated rings. The van der Waals surface area contributed by atoms with Crippen molar-refractivity contribution in [2.24, 2.45) is 10.1 Å². The number of sulfonamides is 1. The molecule has 0 atom stereocenters. The van der Waals surface area contributed by atoms with Crippen molar-refractivity contribution >= 4 is 27.3 Å². The topological polar surface area (TPSA) is 109 Å². The fourth-order valence-corrected chi connectivity index (χ4v) is 3.41. The predicted molar refractivity (Wildman–Crippen MR) is 101 cm³/mol. The number of hydrogen-bond donors (Lipinski definition) is 3. The van der Waals surface area contributed by atoms with Crippen LogP contribution in [0.3, 0.4) is 0 Å². The maximum absolute atomic E-state index is 12.6. The van der Waals surface area contributed by atoms with Crippen molar-refractivity contribution in [1.82, 2.24) is 15.6 Å². The third kappa shape index (κ3) is 6.77. The van der Waals surface area contributed by atoms with E-state index in [0.717, 1.165) is 22.3 Å². The maximum atomic E-state index is 12.6. The highest BCUT2D eigenvalue weighted by molar-refractivity contribution is 7.89. The molecule has 0 unspecified atom stereocenters. The smallest absolute Gasteiger partial charge is 0.357 e. The Morgan fingerprint density at radius 2 is 1.93 bits per heavy atom. The van der Waals surface area contributed by atoms with E-state index in [-0.39, 0.29) is 16.4 Å². The second kappa shape index (κ2) is 9.34. The lowest BCUT2D eigenvalue weighted by molar-refractivity contribution is -0.140. The van der Waals surface area contributed by atoms with Gasteiger partial charge in [-0.3, -0.25) is 0 Å². The summed E-state index contributed by atoms with van der Waals surface area (Å²) in [5.41, 5.74) is -0.0194. The van der Waals surface area contributed by atoms with Crippen molar-refractivity contribution in [2.45, 2.75) is 31.0 Å². The van der Waals surface area contributed by atoms with Crippen molar-refractivity contribution in [3.05, 3.63) is 45.9 Å². The normalized spacial score (nSPS) is 12.8. The number of guanidine groups is 1. The Hall–Kier alpha value is -2.18. The van der Waals surface area contributed by atoms with Crippen LogP contribution < -0.4 is 15.8 Å². The van der Waals surface area contributed by atoms with Gasteiger partial charge in [-0.15, -0.1) is 11.3 Å². The van der Waals surface area contributed by atoms with Gasteiger partial charge < -0.3 is 10.6 Å². The fourth-order valence-electron chi connectivity index (χ4n) is 2.17. The number of nitrogens with one attached hydrogen (secondary N) is 2. The van der Waals surface area contributed by atoms with Crippen LogP contribution in [0, 0.1) is 0 Å². The van der Waals surface area contributed by atoms with E-state index in [4.69, 9.17) is 5.14 Å². The van der Waals surface area contributed by atoms with Crippen molar-refractivity contribution in [2.75, 3.05) is 13.1 Å². The summed E-state index contributed by atoms with van der Waals surface area (Å²) < 4.78 is 60.2. The van der Waals surface area contributed by atoms with E-state index in [0.29, 0.717) is 25.5 Å². The first-order valence-corrected chi connectivity index (χ1v) is 10.7. The molecule has 1 aromatic heterocycles. The van der Waals surface area contributed by atoms with Crippen molar-refractivity contribution in [3.8, 4) is 0 Å². The quantitative estimate of drug-likeness (QED) is 0.456. The van der Waals surface area contributed by atoms with Crippen molar-refractivity contribution in [1.29, 1.82) is 0 Å². The molecule has 0 aliphatic rings. The molecule has 12 heteroatoms. The molecule has 0 spiro atoms. The Morgan fingerprint density at radius 1 is 1.25 bits per heavy atom. The first-order chi connectivity index (χ1) is 13.1. The van der Waals surface area contributed by atoms with Gasteiger partial charge in [0.15, 0.2) is 11.7 Å². The van der Waals surface area contributed by atoms with Crippen LogP contribution in [-0.4, -0.2) is 32.5 Å². The standard InChI is InChI=1S/C16H20F3N5O2S2/c1-2-21-15(23-9-14-24-13(10-27-14)16(17,18)19)22-8-7-11-3-5-12(6-4-11)28(20,25)26/h3-6,10H,2,7-9H2,1H3,(H2,20,25,26)(H2,21,22,23). The molecule has 154 valence electrons. The molecule has 1 heterocycles. The van der Waals surface area contributed by atoms with E-state index in [2.05, 4.69) is 20.6 Å². The highest BCUT2D eigenvalue weighted by Gasteiger charge is 2.33. The minimum atomic E-state index is -4.46. The lowest BCUT2D eigenvalue weighted by Crippen LogP contribution is -2.38. The second-order valence-corrected chi connectivity index (χ2v) is 8.19. The van der Waals surface area contributed by atoms with E-state index in [1.165, 1.54) is 12.1 Å². The van der Waals surface area contributed by atoms with Crippen molar-refractivity contribution < 1.29 is 21.6 Å². The SMILES string of the molecule is CCNC(=NCc1nc(C(F)(F)F)cs1)NCCc1ccc(S(N)(=O)=O)cc1. The maximum Gasteiger partial charge on any atom is 0.434 e. The summed E-state index contributed by atoms with van der Waals surface area (Å²) >= 11 is 0.907. The first kappa shape index (κ1) is 22.1. The van der Waals surface area contributed by atoms with Crippen molar-refractivity contribution in [3.63, 3.8) is 0 Å². The van der Waals surface area contributed by atoms with Crippen LogP contribution in [0.4, 0.5) is 13.2 Å². The highest BCUT2D eigenvalue weighted by Crippen LogP contribution is 2.30. The molecule has 0 bridgehead atoms. The van der Waals surface area contributed by atoms with Crippen LogP contribution in [0.1, 0.15) is 23.2 Å². The molecule has 0 saturated heterocycles. The summed E-state index contributed by atoms with van der Waals surface area (Å²) in [6.45, 7) is 2.97. The number of nitrogens with two attached hydrogens (primary N) is 1. The number of thiazole rings is 1. The summed E-state index contributed by atoms with van der Waals surface area (Å²) in [6, 6.07) is 6.20. The summed E-state index contributed by atoms with van der Waals surface area (Å²) in [7, 11) is -3.72. The number of aromatic nitrogens is 1. The van der Waals surface area contributed by atoms with Gasteiger partial charge in [0.25, 0.3) is 0 Å². The highest BCUT2D eigenvalue weighted by atomic mass is 32.2. The van der Waals surface area contributed by atoms with Gasteiger partial charge in [0.1, 0.15) is 5.01 Å². The summed E-state index contributed by atoms with van der Waals surface area (Å²) in [5.74, 6) is 0.451. The number of aliphatic imine (C=N–C) groups is 1. The Bertz CT molecular complexity index is 909. The lowest BCUT2D eigenvalue weighted by atomic mass is 10.1. The number of alkyl halides is 3. The Morgan fingerprint density at radius 3 is 2.46 bits per heavy atom. The second-order valence-electron chi connectivity index (χ2n) is 5.69. The third-order valence-electron chi connectivity index (χ3n) is 3.52. The number of halogens is 3. The molecule has 0 amide bonds. The molecule has 0 radical (unpaired) electrons. The van der Waals surface area contributed by atoms with Crippen LogP contribution in [0.2, 0.25) is 0 Å². The summed E-state index contributed by atoms with van der Waals surface area (Å²) in [4.78, 5) is 7.82. The average molecular weight is 435 g/mol. The number of primary sulfonamides is 1. The molecule has 2 aromatic rings. The minimum Gasteiger partial charge on any atom is -0.357 e. The van der Waals surface area contributed by atoms with Gasteiger partial charge in [-0.05, 0) is 31.0 Å². The van der Waals surface area contributed by atoms with Crippen LogP contribution in [0.15, 0.2) is 39.5 Å². The molecule has 7 nitrogen and oxygen atoms in total. The van der Waals surface area contributed by atoms with Gasteiger partial charge >= 0.3 is 6.18 Å². The largest absolute Gasteiger partial charge is 0.434 e. The van der Waals surface area contributed by atoms with Gasteiger partial charge in [-0.25, -0.2) is 23.5 Å². The molecular weight excluding hydrogens is 415 g/mol. The van der Waals surface area contributed by atoms with Crippen LogP contribution in [0.25, 0.3) is 0 Å². The molecule has 4 N–H and O–H groups in total. The van der Waals surface area contributed by atoms with Crippen LogP contribution in [0.5, 0.6) is 0 Å². The molecule has 2 rings (SSSR count). The molecule has 0 saturated carbocycles. The number of hydrogen-bond acceptors (Lipinski definition) is 5. The fraction of sp³-hybridized carbons (Fsp3) is 0.375. The molecule has 0 aliphatic heterocycles. The minimum absolute atomic E-state index is 0.0269. The number of benzene rings is 1. The molecular formula is C16H20F3N5O2S2. The van der Waals surface area contributed by atoms with Gasteiger partial charge in [0.2, 0.25) is 10.0 Å². The Balaban J connectivity index is 1.91. The third-order valence-corrected chi connectivity index (χ3v) is 5.28. The van der Waals surface area contributed by atoms with Crippen LogP contribution >= 0.6 is 11.3 Å².